The van der Waals surface area contributed by atoms with Crippen LogP contribution in [0, 0.1) is 0 Å². The molecule has 0 unspecified atom stereocenters. The average Bonchev–Trinajstić information content (AvgIpc) is 2.09. The number of nitrogens with two attached hydrogens (primary N) is 1. The summed E-state index contributed by atoms with van der Waals surface area (Å²) in [6, 6.07) is -0.859. The lowest BCUT2D eigenvalue weighted by Crippen LogP contribution is -2.31. The topological polar surface area (TPSA) is 81.4 Å². The molecule has 0 spiro atoms. The quantitative estimate of drug-likeness (QED) is 0.500. The monoisotopic (exact) mass is 188 g/mol. The van der Waals surface area contributed by atoms with Gasteiger partial charge in [-0.1, -0.05) is 26.2 Å². The highest BCUT2D eigenvalue weighted by Crippen LogP contribution is 2.02. The number of carbonyl (C=O) groups is 2. The molecule has 0 radical (unpaired) electrons. The molecule has 0 fully saturated rings. The molecule has 0 aliphatic rings. The Labute approximate surface area is 77.6 Å². The number of nitrogens with one attached hydrogen (secondary N) is 1. The molecule has 76 valence electrons. The minimum Gasteiger partial charge on any atom is -0.349 e. The van der Waals surface area contributed by atoms with Crippen molar-refractivity contribution in [2.75, 3.05) is 0 Å². The van der Waals surface area contributed by atoms with Gasteiger partial charge in [0.05, 0.1) is 0 Å². The molecule has 0 saturated heterocycles. The Balaban J connectivity index is 3.25. The molecular formula is C8H16N2O3. The first-order valence-electron chi connectivity index (χ1n) is 4.42. The Morgan fingerprint density at radius 1 is 1.31 bits per heavy atom. The first-order valence-corrected chi connectivity index (χ1v) is 4.42. The van der Waals surface area contributed by atoms with Crippen LogP contribution in [0.2, 0.25) is 0 Å². The summed E-state index contributed by atoms with van der Waals surface area (Å²) >= 11 is 0. The predicted octanol–water partition coefficient (Wildman–Crippen LogP) is 1.08. The molecule has 0 aliphatic heterocycles. The molecule has 0 aromatic rings. The van der Waals surface area contributed by atoms with Crippen molar-refractivity contribution >= 4 is 12.0 Å². The highest BCUT2D eigenvalue weighted by atomic mass is 16.7. The van der Waals surface area contributed by atoms with Gasteiger partial charge in [-0.25, -0.2) is 9.59 Å². The number of carbonyl (C=O) groups excluding carboxylic acids is 2. The van der Waals surface area contributed by atoms with Crippen LogP contribution in [0.3, 0.4) is 0 Å². The van der Waals surface area contributed by atoms with Gasteiger partial charge in [0.25, 0.3) is 0 Å². The van der Waals surface area contributed by atoms with Crippen molar-refractivity contribution in [3.8, 4) is 0 Å². The lowest BCUT2D eigenvalue weighted by molar-refractivity contribution is -0.148. The number of urea groups is 1. The SMILES string of the molecule is CCCCCCC(=O)ONC(N)=O. The summed E-state index contributed by atoms with van der Waals surface area (Å²) < 4.78 is 0. The molecule has 0 heterocycles. The van der Waals surface area contributed by atoms with Gasteiger partial charge in [-0.05, 0) is 6.42 Å². The summed E-state index contributed by atoms with van der Waals surface area (Å²) in [5, 5.41) is 0. The Hall–Kier alpha value is -1.26. The van der Waals surface area contributed by atoms with Crippen LogP contribution < -0.4 is 11.2 Å². The third kappa shape index (κ3) is 8.65. The molecule has 0 bridgehead atoms. The average molecular weight is 188 g/mol. The smallest absolute Gasteiger partial charge is 0.345 e. The molecule has 0 aliphatic carbocycles. The molecule has 3 N–H and O–H groups in total. The zero-order chi connectivity index (χ0) is 10.1. The number of unbranched alkanes of at least 4 members (excludes halogenated alkanes) is 3. The molecule has 5 nitrogen and oxygen atoms in total. The van der Waals surface area contributed by atoms with E-state index < -0.39 is 12.0 Å². The van der Waals surface area contributed by atoms with Crippen molar-refractivity contribution in [3.05, 3.63) is 0 Å². The van der Waals surface area contributed by atoms with E-state index in [4.69, 9.17) is 0 Å². The Morgan fingerprint density at radius 3 is 2.54 bits per heavy atom. The molecule has 0 rings (SSSR count). The van der Waals surface area contributed by atoms with E-state index in [1.165, 1.54) is 0 Å². The standard InChI is InChI=1S/C8H16N2O3/c1-2-3-4-5-6-7(11)13-10-8(9)12/h2-6H2,1H3,(H3,9,10,12). The fourth-order valence-electron chi connectivity index (χ4n) is 0.854. The fraction of sp³-hybridized carbons (Fsp3) is 0.750. The van der Waals surface area contributed by atoms with Gasteiger partial charge in [0.1, 0.15) is 0 Å². The highest BCUT2D eigenvalue weighted by molar-refractivity contribution is 5.74. The zero-order valence-corrected chi connectivity index (χ0v) is 7.84. The maximum Gasteiger partial charge on any atom is 0.345 e. The van der Waals surface area contributed by atoms with Gasteiger partial charge >= 0.3 is 12.0 Å². The third-order valence-corrected chi connectivity index (χ3v) is 1.50. The van der Waals surface area contributed by atoms with Gasteiger partial charge in [-0.2, -0.15) is 5.48 Å². The van der Waals surface area contributed by atoms with Crippen molar-refractivity contribution in [3.63, 3.8) is 0 Å². The number of hydrogen-bond donors (Lipinski definition) is 2. The Morgan fingerprint density at radius 2 is 2.00 bits per heavy atom. The van der Waals surface area contributed by atoms with E-state index >= 15 is 0 Å². The Bertz CT molecular complexity index is 171. The second-order valence-electron chi connectivity index (χ2n) is 2.75. The lowest BCUT2D eigenvalue weighted by Gasteiger charge is -2.02. The molecular weight excluding hydrogens is 172 g/mol. The van der Waals surface area contributed by atoms with Gasteiger partial charge in [0.2, 0.25) is 0 Å². The van der Waals surface area contributed by atoms with Gasteiger partial charge in [-0.3, -0.25) is 0 Å². The lowest BCUT2D eigenvalue weighted by atomic mass is 10.2. The minimum atomic E-state index is -0.859. The van der Waals surface area contributed by atoms with E-state index in [9.17, 15) is 9.59 Å². The summed E-state index contributed by atoms with van der Waals surface area (Å²) in [5.74, 6) is -0.449. The van der Waals surface area contributed by atoms with Crippen LogP contribution in [0.1, 0.15) is 39.0 Å². The summed E-state index contributed by atoms with van der Waals surface area (Å²) in [4.78, 5) is 25.3. The first kappa shape index (κ1) is 11.7. The molecule has 0 atom stereocenters. The molecule has 2 amide bonds. The molecule has 0 aromatic carbocycles. The zero-order valence-electron chi connectivity index (χ0n) is 7.84. The van der Waals surface area contributed by atoms with Crippen molar-refractivity contribution in [1.29, 1.82) is 0 Å². The molecule has 13 heavy (non-hydrogen) atoms. The van der Waals surface area contributed by atoms with Crippen LogP contribution in [0.5, 0.6) is 0 Å². The van der Waals surface area contributed by atoms with Crippen LogP contribution in [0.25, 0.3) is 0 Å². The van der Waals surface area contributed by atoms with Crippen molar-refractivity contribution in [2.45, 2.75) is 39.0 Å². The van der Waals surface area contributed by atoms with Crippen LogP contribution in [-0.4, -0.2) is 12.0 Å². The number of hydrogen-bond acceptors (Lipinski definition) is 3. The summed E-state index contributed by atoms with van der Waals surface area (Å²) in [6.45, 7) is 2.09. The van der Waals surface area contributed by atoms with E-state index in [-0.39, 0.29) is 0 Å². The number of primary amides is 1. The van der Waals surface area contributed by atoms with Crippen molar-refractivity contribution < 1.29 is 14.4 Å². The van der Waals surface area contributed by atoms with Crippen molar-refractivity contribution in [2.24, 2.45) is 5.73 Å². The van der Waals surface area contributed by atoms with Crippen LogP contribution in [-0.2, 0) is 9.63 Å². The maximum atomic E-state index is 10.8. The Kier molecular flexibility index (Phi) is 6.68. The van der Waals surface area contributed by atoms with E-state index in [0.29, 0.717) is 6.42 Å². The second-order valence-corrected chi connectivity index (χ2v) is 2.75. The predicted molar refractivity (Wildman–Crippen MR) is 47.6 cm³/mol. The fourth-order valence-corrected chi connectivity index (χ4v) is 0.854. The molecule has 0 saturated carbocycles. The van der Waals surface area contributed by atoms with Crippen LogP contribution in [0.4, 0.5) is 4.79 Å². The van der Waals surface area contributed by atoms with Crippen LogP contribution in [0.15, 0.2) is 0 Å². The van der Waals surface area contributed by atoms with Crippen molar-refractivity contribution in [1.82, 2.24) is 5.48 Å². The summed E-state index contributed by atoms with van der Waals surface area (Å²) in [5.41, 5.74) is 6.47. The van der Waals surface area contributed by atoms with Crippen LogP contribution >= 0.6 is 0 Å². The molecule has 0 aromatic heterocycles. The highest BCUT2D eigenvalue weighted by Gasteiger charge is 2.03. The number of hydroxylamine groups is 1. The largest absolute Gasteiger partial charge is 0.349 e. The van der Waals surface area contributed by atoms with Gasteiger partial charge in [0.15, 0.2) is 0 Å². The maximum absolute atomic E-state index is 10.8. The van der Waals surface area contributed by atoms with Gasteiger partial charge < -0.3 is 10.6 Å². The number of amides is 2. The molecule has 5 heteroatoms. The third-order valence-electron chi connectivity index (χ3n) is 1.50. The second kappa shape index (κ2) is 7.39. The normalized spacial score (nSPS) is 9.31. The number of rotatable bonds is 5. The van der Waals surface area contributed by atoms with Gasteiger partial charge in [0, 0.05) is 6.42 Å². The van der Waals surface area contributed by atoms with E-state index in [1.807, 2.05) is 0 Å². The summed E-state index contributed by atoms with van der Waals surface area (Å²) in [7, 11) is 0. The van der Waals surface area contributed by atoms with Gasteiger partial charge in [-0.15, -0.1) is 0 Å². The minimum absolute atomic E-state index is 0.320. The van der Waals surface area contributed by atoms with E-state index in [2.05, 4.69) is 17.5 Å². The first-order chi connectivity index (χ1) is 6.16. The van der Waals surface area contributed by atoms with E-state index in [1.54, 1.807) is 5.48 Å². The van der Waals surface area contributed by atoms with E-state index in [0.717, 1.165) is 25.7 Å². The summed E-state index contributed by atoms with van der Waals surface area (Å²) in [6.07, 6.45) is 4.33.